The number of nitrogens with zero attached hydrogens (tertiary/aromatic N) is 1. The van der Waals surface area contributed by atoms with Crippen LogP contribution in [0.15, 0.2) is 47.6 Å². The number of fused-ring (bicyclic) bond motifs is 1. The molecule has 3 heteroatoms. The van der Waals surface area contributed by atoms with Crippen molar-refractivity contribution >= 4 is 17.3 Å². The lowest BCUT2D eigenvalue weighted by atomic mass is 9.85. The monoisotopic (exact) mass is 285 g/mol. The van der Waals surface area contributed by atoms with Crippen LogP contribution in [0.4, 0.5) is 0 Å². The second-order valence-corrected chi connectivity index (χ2v) is 6.31. The minimum absolute atomic E-state index is 0.000663. The van der Waals surface area contributed by atoms with Crippen LogP contribution in [0.1, 0.15) is 31.4 Å². The van der Waals surface area contributed by atoms with Crippen molar-refractivity contribution in [3.05, 3.63) is 58.6 Å². The molecular weight excluding hydrogens is 270 g/mol. The van der Waals surface area contributed by atoms with Gasteiger partial charge >= 0.3 is 0 Å². The summed E-state index contributed by atoms with van der Waals surface area (Å²) in [4.78, 5) is 0. The first-order chi connectivity index (χ1) is 9.51. The van der Waals surface area contributed by atoms with Crippen molar-refractivity contribution in [1.82, 2.24) is 0 Å². The third-order valence-electron chi connectivity index (χ3n) is 3.97. The van der Waals surface area contributed by atoms with Crippen LogP contribution < -0.4 is 0 Å². The average Bonchev–Trinajstić information content (AvgIpc) is 2.71. The van der Waals surface area contributed by atoms with E-state index in [4.69, 9.17) is 16.8 Å². The smallest absolute Gasteiger partial charge is 0.0879 e. The number of hydrogen-bond donors (Lipinski definition) is 1. The summed E-state index contributed by atoms with van der Waals surface area (Å²) in [5, 5.41) is 13.3. The van der Waals surface area contributed by atoms with Crippen molar-refractivity contribution in [3.8, 4) is 11.1 Å². The molecule has 1 aliphatic rings. The second-order valence-electron chi connectivity index (χ2n) is 5.87. The lowest BCUT2D eigenvalue weighted by Crippen LogP contribution is -2.12. The number of hydrogen-bond acceptors (Lipinski definition) is 2. The van der Waals surface area contributed by atoms with Crippen LogP contribution in [0, 0.1) is 0 Å². The molecule has 2 aromatic carbocycles. The van der Waals surface area contributed by atoms with E-state index in [2.05, 4.69) is 31.1 Å². The fourth-order valence-electron chi connectivity index (χ4n) is 2.88. The van der Waals surface area contributed by atoms with Gasteiger partial charge in [0, 0.05) is 17.0 Å². The third kappa shape index (κ3) is 2.10. The Bertz CT molecular complexity index is 687. The van der Waals surface area contributed by atoms with Gasteiger partial charge in [-0.3, -0.25) is 0 Å². The largest absolute Gasteiger partial charge is 0.411 e. The van der Waals surface area contributed by atoms with Gasteiger partial charge in [0.15, 0.2) is 0 Å². The Labute approximate surface area is 123 Å². The Balaban J connectivity index is 2.12. The summed E-state index contributed by atoms with van der Waals surface area (Å²) >= 11 is 5.93. The fraction of sp³-hybridized carbons (Fsp3) is 0.235. The Morgan fingerprint density at radius 2 is 1.70 bits per heavy atom. The van der Waals surface area contributed by atoms with Crippen LogP contribution in [0.2, 0.25) is 5.02 Å². The molecule has 0 saturated carbocycles. The molecule has 0 bridgehead atoms. The van der Waals surface area contributed by atoms with Gasteiger partial charge in [0.1, 0.15) is 0 Å². The molecule has 3 rings (SSSR count). The molecule has 1 aliphatic carbocycles. The Kier molecular flexibility index (Phi) is 3.06. The average molecular weight is 286 g/mol. The van der Waals surface area contributed by atoms with Crippen LogP contribution in [0.5, 0.6) is 0 Å². The Morgan fingerprint density at radius 1 is 1.05 bits per heavy atom. The maximum Gasteiger partial charge on any atom is 0.0879 e. The van der Waals surface area contributed by atoms with Crippen molar-refractivity contribution < 1.29 is 5.21 Å². The molecule has 20 heavy (non-hydrogen) atoms. The molecule has 0 saturated heterocycles. The van der Waals surface area contributed by atoms with Gasteiger partial charge < -0.3 is 5.21 Å². The van der Waals surface area contributed by atoms with Crippen molar-refractivity contribution in [3.63, 3.8) is 0 Å². The van der Waals surface area contributed by atoms with Gasteiger partial charge in [0.2, 0.25) is 0 Å². The first-order valence-electron chi connectivity index (χ1n) is 6.63. The molecule has 102 valence electrons. The highest BCUT2D eigenvalue weighted by atomic mass is 35.5. The molecule has 0 amide bonds. The van der Waals surface area contributed by atoms with Crippen molar-refractivity contribution in [2.75, 3.05) is 0 Å². The van der Waals surface area contributed by atoms with E-state index in [1.54, 1.807) is 0 Å². The molecule has 1 N–H and O–H groups in total. The van der Waals surface area contributed by atoms with Gasteiger partial charge in [0.05, 0.1) is 5.71 Å². The molecule has 0 spiro atoms. The predicted molar refractivity (Wildman–Crippen MR) is 82.9 cm³/mol. The van der Waals surface area contributed by atoms with Crippen molar-refractivity contribution in [2.24, 2.45) is 5.16 Å². The topological polar surface area (TPSA) is 32.6 Å². The molecule has 0 fully saturated rings. The highest BCUT2D eigenvalue weighted by molar-refractivity contribution is 6.30. The van der Waals surface area contributed by atoms with Crippen molar-refractivity contribution in [1.29, 1.82) is 0 Å². The maximum absolute atomic E-state index is 9.14. The Hall–Kier alpha value is -1.80. The van der Waals surface area contributed by atoms with E-state index in [1.165, 1.54) is 5.56 Å². The normalized spacial score (nSPS) is 18.2. The summed E-state index contributed by atoms with van der Waals surface area (Å²) in [6, 6.07) is 14.1. The van der Waals surface area contributed by atoms with E-state index in [1.807, 2.05) is 30.3 Å². The summed E-state index contributed by atoms with van der Waals surface area (Å²) in [6.07, 6.45) is 0.767. The highest BCUT2D eigenvalue weighted by Crippen LogP contribution is 2.40. The number of halogens is 1. The van der Waals surface area contributed by atoms with Gasteiger partial charge in [-0.1, -0.05) is 54.9 Å². The molecule has 2 aromatic rings. The van der Waals surface area contributed by atoms with E-state index >= 15 is 0 Å². The fourth-order valence-corrected chi connectivity index (χ4v) is 3.00. The lowest BCUT2D eigenvalue weighted by Gasteiger charge is -2.18. The van der Waals surface area contributed by atoms with E-state index in [0.29, 0.717) is 0 Å². The van der Waals surface area contributed by atoms with Crippen LogP contribution in [0.3, 0.4) is 0 Å². The van der Waals surface area contributed by atoms with Gasteiger partial charge in [-0.25, -0.2) is 0 Å². The maximum atomic E-state index is 9.14. The number of oxime groups is 1. The second kappa shape index (κ2) is 4.64. The molecular formula is C17H16ClNO. The van der Waals surface area contributed by atoms with Gasteiger partial charge in [-0.05, 0) is 40.3 Å². The van der Waals surface area contributed by atoms with Crippen LogP contribution in [0.25, 0.3) is 11.1 Å². The summed E-state index contributed by atoms with van der Waals surface area (Å²) in [5.41, 5.74) is 5.36. The first-order valence-corrected chi connectivity index (χ1v) is 7.01. The van der Waals surface area contributed by atoms with Crippen LogP contribution in [-0.4, -0.2) is 10.9 Å². The van der Waals surface area contributed by atoms with Gasteiger partial charge in [0.25, 0.3) is 0 Å². The summed E-state index contributed by atoms with van der Waals surface area (Å²) in [6.45, 7) is 4.35. The first kappa shape index (κ1) is 13.2. The van der Waals surface area contributed by atoms with E-state index in [-0.39, 0.29) is 5.41 Å². The molecule has 0 aliphatic heterocycles. The van der Waals surface area contributed by atoms with Crippen LogP contribution >= 0.6 is 11.6 Å². The van der Waals surface area contributed by atoms with E-state index in [0.717, 1.165) is 33.8 Å². The molecule has 0 unspecified atom stereocenters. The SMILES string of the molecule is CC1(C)C/C(=N\O)c2ccc(-c3ccc(Cl)cc3)cc21. The molecule has 0 radical (unpaired) electrons. The minimum atomic E-state index is -0.000663. The zero-order chi connectivity index (χ0) is 14.3. The standard InChI is InChI=1S/C17H16ClNO/c1-17(2)10-16(19-20)14-8-5-12(9-15(14)17)11-3-6-13(18)7-4-11/h3-9,20H,10H2,1-2H3/b19-16+. The van der Waals surface area contributed by atoms with Crippen LogP contribution in [-0.2, 0) is 5.41 Å². The molecule has 2 nitrogen and oxygen atoms in total. The van der Waals surface area contributed by atoms with E-state index < -0.39 is 0 Å². The quantitative estimate of drug-likeness (QED) is 0.588. The predicted octanol–water partition coefficient (Wildman–Crippen LogP) is 4.87. The summed E-state index contributed by atoms with van der Waals surface area (Å²) < 4.78 is 0. The van der Waals surface area contributed by atoms with Gasteiger partial charge in [-0.15, -0.1) is 0 Å². The van der Waals surface area contributed by atoms with Gasteiger partial charge in [-0.2, -0.15) is 0 Å². The zero-order valence-corrected chi connectivity index (χ0v) is 12.3. The summed E-state index contributed by atoms with van der Waals surface area (Å²) in [5.74, 6) is 0. The Morgan fingerprint density at radius 3 is 2.35 bits per heavy atom. The lowest BCUT2D eigenvalue weighted by molar-refractivity contribution is 0.317. The number of benzene rings is 2. The summed E-state index contributed by atoms with van der Waals surface area (Å²) in [7, 11) is 0. The van der Waals surface area contributed by atoms with E-state index in [9.17, 15) is 0 Å². The molecule has 0 heterocycles. The molecule has 0 atom stereocenters. The zero-order valence-electron chi connectivity index (χ0n) is 11.5. The highest BCUT2D eigenvalue weighted by Gasteiger charge is 2.34. The minimum Gasteiger partial charge on any atom is -0.411 e. The van der Waals surface area contributed by atoms with Crippen molar-refractivity contribution in [2.45, 2.75) is 25.7 Å². The third-order valence-corrected chi connectivity index (χ3v) is 4.22. The number of rotatable bonds is 1. The molecule has 0 aromatic heterocycles.